The van der Waals surface area contributed by atoms with Crippen molar-refractivity contribution in [1.29, 1.82) is 0 Å². The normalized spacial score (nSPS) is 10.9. The maximum atomic E-state index is 12.8. The molecule has 2 aromatic carbocycles. The Labute approximate surface area is 154 Å². The van der Waals surface area contributed by atoms with Crippen molar-refractivity contribution in [2.45, 2.75) is 18.7 Å². The van der Waals surface area contributed by atoms with Gasteiger partial charge in [0.05, 0.1) is 6.61 Å². The molecule has 0 aliphatic heterocycles. The van der Waals surface area contributed by atoms with Gasteiger partial charge < -0.3 is 15.0 Å². The van der Waals surface area contributed by atoms with E-state index in [2.05, 4.69) is 10.0 Å². The Morgan fingerprint density at radius 1 is 1.08 bits per heavy atom. The lowest BCUT2D eigenvalue weighted by molar-refractivity contribution is -0.114. The number of hydrogen-bond acceptors (Lipinski definition) is 5. The zero-order valence-corrected chi connectivity index (χ0v) is 16.1. The van der Waals surface area contributed by atoms with Gasteiger partial charge in [-0.2, -0.15) is 0 Å². The van der Waals surface area contributed by atoms with Gasteiger partial charge in [0.1, 0.15) is 10.6 Å². The molecule has 0 radical (unpaired) electrons. The fourth-order valence-electron chi connectivity index (χ4n) is 2.31. The van der Waals surface area contributed by atoms with E-state index in [9.17, 15) is 13.2 Å². The third-order valence-corrected chi connectivity index (χ3v) is 4.89. The quantitative estimate of drug-likeness (QED) is 0.775. The topological polar surface area (TPSA) is 87.7 Å². The highest BCUT2D eigenvalue weighted by molar-refractivity contribution is 7.92. The molecular weight excluding hydrogens is 354 g/mol. The first-order valence-corrected chi connectivity index (χ1v) is 9.56. The molecular formula is C18H23N3O4S. The first-order chi connectivity index (χ1) is 12.2. The lowest BCUT2D eigenvalue weighted by atomic mass is 10.3. The van der Waals surface area contributed by atoms with Crippen molar-refractivity contribution in [3.8, 4) is 5.75 Å². The molecule has 0 aliphatic carbocycles. The van der Waals surface area contributed by atoms with Crippen molar-refractivity contribution in [2.75, 3.05) is 35.6 Å². The van der Waals surface area contributed by atoms with Crippen LogP contribution in [-0.4, -0.2) is 35.0 Å². The molecule has 7 nitrogen and oxygen atoms in total. The van der Waals surface area contributed by atoms with Gasteiger partial charge in [-0.25, -0.2) is 8.42 Å². The zero-order chi connectivity index (χ0) is 19.3. The van der Waals surface area contributed by atoms with Gasteiger partial charge in [-0.15, -0.1) is 0 Å². The molecule has 0 heterocycles. The molecule has 0 atom stereocenters. The number of carbonyl (C=O) groups is 1. The summed E-state index contributed by atoms with van der Waals surface area (Å²) in [5.74, 6) is -0.0660. The molecule has 2 aromatic rings. The van der Waals surface area contributed by atoms with Crippen LogP contribution in [0.25, 0.3) is 0 Å². The van der Waals surface area contributed by atoms with Crippen LogP contribution in [0, 0.1) is 0 Å². The molecule has 140 valence electrons. The predicted octanol–water partition coefficient (Wildman–Crippen LogP) is 2.91. The molecule has 2 rings (SSSR count). The van der Waals surface area contributed by atoms with Crippen molar-refractivity contribution in [3.63, 3.8) is 0 Å². The number of ether oxygens (including phenoxy) is 1. The van der Waals surface area contributed by atoms with Crippen LogP contribution < -0.4 is 19.7 Å². The second-order valence-corrected chi connectivity index (χ2v) is 7.47. The SMILES string of the molecule is CCOc1ccc(NC(C)=O)cc1S(=O)(=O)Nc1ccc(N(C)C)cc1. The van der Waals surface area contributed by atoms with Gasteiger partial charge in [0, 0.05) is 38.1 Å². The maximum absolute atomic E-state index is 12.8. The average Bonchev–Trinajstić information content (AvgIpc) is 2.56. The van der Waals surface area contributed by atoms with E-state index in [1.165, 1.54) is 19.1 Å². The Morgan fingerprint density at radius 3 is 2.23 bits per heavy atom. The Morgan fingerprint density at radius 2 is 1.69 bits per heavy atom. The van der Waals surface area contributed by atoms with E-state index in [1.54, 1.807) is 25.1 Å². The van der Waals surface area contributed by atoms with Crippen LogP contribution >= 0.6 is 0 Å². The van der Waals surface area contributed by atoms with Crippen LogP contribution in [0.4, 0.5) is 17.1 Å². The van der Waals surface area contributed by atoms with E-state index in [0.29, 0.717) is 18.0 Å². The Kier molecular flexibility index (Phi) is 6.10. The summed E-state index contributed by atoms with van der Waals surface area (Å²) in [6.07, 6.45) is 0. The van der Waals surface area contributed by atoms with E-state index in [-0.39, 0.29) is 16.6 Å². The highest BCUT2D eigenvalue weighted by Crippen LogP contribution is 2.29. The number of anilines is 3. The minimum atomic E-state index is -3.90. The van der Waals surface area contributed by atoms with E-state index in [1.807, 2.05) is 31.1 Å². The molecule has 0 unspecified atom stereocenters. The number of rotatable bonds is 7. The summed E-state index contributed by atoms with van der Waals surface area (Å²) in [5, 5.41) is 2.58. The first-order valence-electron chi connectivity index (χ1n) is 8.07. The number of hydrogen-bond donors (Lipinski definition) is 2. The Balaban J connectivity index is 2.37. The Hall–Kier alpha value is -2.74. The summed E-state index contributed by atoms with van der Waals surface area (Å²) in [5.41, 5.74) is 1.77. The molecule has 0 saturated carbocycles. The summed E-state index contributed by atoms with van der Waals surface area (Å²) in [7, 11) is -0.0898. The summed E-state index contributed by atoms with van der Waals surface area (Å²) >= 11 is 0. The van der Waals surface area contributed by atoms with Crippen LogP contribution in [0.1, 0.15) is 13.8 Å². The first kappa shape index (κ1) is 19.6. The van der Waals surface area contributed by atoms with Gasteiger partial charge in [0.2, 0.25) is 5.91 Å². The van der Waals surface area contributed by atoms with Gasteiger partial charge in [0.25, 0.3) is 10.0 Å². The van der Waals surface area contributed by atoms with Crippen molar-refractivity contribution in [1.82, 2.24) is 0 Å². The second-order valence-electron chi connectivity index (χ2n) is 5.82. The summed E-state index contributed by atoms with van der Waals surface area (Å²) < 4.78 is 33.7. The number of nitrogens with zero attached hydrogens (tertiary/aromatic N) is 1. The lowest BCUT2D eigenvalue weighted by Gasteiger charge is -2.16. The summed E-state index contributed by atoms with van der Waals surface area (Å²) in [4.78, 5) is 13.1. The van der Waals surface area contributed by atoms with E-state index >= 15 is 0 Å². The molecule has 2 N–H and O–H groups in total. The maximum Gasteiger partial charge on any atom is 0.265 e. The number of nitrogens with one attached hydrogen (secondary N) is 2. The van der Waals surface area contributed by atoms with E-state index in [0.717, 1.165) is 5.69 Å². The van der Waals surface area contributed by atoms with Gasteiger partial charge in [0.15, 0.2) is 0 Å². The minimum Gasteiger partial charge on any atom is -0.492 e. The second kappa shape index (κ2) is 8.09. The van der Waals surface area contributed by atoms with Crippen LogP contribution in [0.3, 0.4) is 0 Å². The van der Waals surface area contributed by atoms with E-state index in [4.69, 9.17) is 4.74 Å². The van der Waals surface area contributed by atoms with Crippen LogP contribution in [0.5, 0.6) is 5.75 Å². The summed E-state index contributed by atoms with van der Waals surface area (Å²) in [6, 6.07) is 11.5. The lowest BCUT2D eigenvalue weighted by Crippen LogP contribution is -2.16. The molecule has 0 fully saturated rings. The highest BCUT2D eigenvalue weighted by Gasteiger charge is 2.21. The number of amides is 1. The van der Waals surface area contributed by atoms with Crippen LogP contribution in [0.2, 0.25) is 0 Å². The van der Waals surface area contributed by atoms with Gasteiger partial charge in [-0.3, -0.25) is 9.52 Å². The largest absolute Gasteiger partial charge is 0.492 e. The van der Waals surface area contributed by atoms with Crippen molar-refractivity contribution in [2.24, 2.45) is 0 Å². The molecule has 1 amide bonds. The number of benzene rings is 2. The van der Waals surface area contributed by atoms with Crippen LogP contribution in [0.15, 0.2) is 47.4 Å². The molecule has 26 heavy (non-hydrogen) atoms. The fraction of sp³-hybridized carbons (Fsp3) is 0.278. The fourth-order valence-corrected chi connectivity index (χ4v) is 3.54. The van der Waals surface area contributed by atoms with E-state index < -0.39 is 10.0 Å². The van der Waals surface area contributed by atoms with Gasteiger partial charge in [-0.05, 0) is 49.4 Å². The number of carbonyl (C=O) groups excluding carboxylic acids is 1. The third-order valence-electron chi connectivity index (χ3n) is 3.49. The van der Waals surface area contributed by atoms with Crippen molar-refractivity contribution in [3.05, 3.63) is 42.5 Å². The average molecular weight is 377 g/mol. The highest BCUT2D eigenvalue weighted by atomic mass is 32.2. The molecule has 0 saturated heterocycles. The number of sulfonamides is 1. The van der Waals surface area contributed by atoms with Crippen molar-refractivity contribution < 1.29 is 17.9 Å². The molecule has 0 bridgehead atoms. The molecule has 8 heteroatoms. The van der Waals surface area contributed by atoms with Crippen LogP contribution in [-0.2, 0) is 14.8 Å². The summed E-state index contributed by atoms with van der Waals surface area (Å²) in [6.45, 7) is 3.44. The van der Waals surface area contributed by atoms with Gasteiger partial charge >= 0.3 is 0 Å². The van der Waals surface area contributed by atoms with Crippen molar-refractivity contribution >= 4 is 33.0 Å². The standard InChI is InChI=1S/C18H23N3O4S/c1-5-25-17-11-8-15(19-13(2)22)12-18(17)26(23,24)20-14-6-9-16(10-7-14)21(3)4/h6-12,20H,5H2,1-4H3,(H,19,22). The minimum absolute atomic E-state index is 0.0395. The van der Waals surface area contributed by atoms with Gasteiger partial charge in [-0.1, -0.05) is 0 Å². The monoisotopic (exact) mass is 377 g/mol. The molecule has 0 aliphatic rings. The Bertz CT molecular complexity index is 878. The molecule has 0 spiro atoms. The molecule has 0 aromatic heterocycles. The predicted molar refractivity (Wildman–Crippen MR) is 103 cm³/mol. The smallest absolute Gasteiger partial charge is 0.265 e. The third kappa shape index (κ3) is 4.89. The zero-order valence-electron chi connectivity index (χ0n) is 15.2.